The van der Waals surface area contributed by atoms with E-state index >= 15 is 0 Å². The molecule has 0 aromatic carbocycles. The van der Waals surface area contributed by atoms with Gasteiger partial charge in [0.1, 0.15) is 5.82 Å². The molecule has 0 saturated carbocycles. The second kappa shape index (κ2) is 5.34. The van der Waals surface area contributed by atoms with Crippen LogP contribution in [0.4, 0.5) is 11.8 Å². The summed E-state index contributed by atoms with van der Waals surface area (Å²) in [6.07, 6.45) is 4.57. The maximum Gasteiger partial charge on any atom is 0.226 e. The zero-order chi connectivity index (χ0) is 11.3. The van der Waals surface area contributed by atoms with Crippen LogP contribution in [0.2, 0.25) is 0 Å². The third-order valence-corrected chi connectivity index (χ3v) is 1.96. The average molecular weight is 206 g/mol. The molecule has 0 saturated heterocycles. The zero-order valence-corrected chi connectivity index (χ0v) is 9.57. The molecule has 1 heterocycles. The van der Waals surface area contributed by atoms with Crippen molar-refractivity contribution in [3.8, 4) is 0 Å². The summed E-state index contributed by atoms with van der Waals surface area (Å²) in [4.78, 5) is 10.4. The van der Waals surface area contributed by atoms with Gasteiger partial charge in [-0.3, -0.25) is 0 Å². The van der Waals surface area contributed by atoms with E-state index in [9.17, 15) is 0 Å². The molecular formula is C11H18N4. The molecule has 1 aromatic heterocycles. The molecule has 0 bridgehead atoms. The third kappa shape index (κ3) is 3.58. The molecule has 0 aliphatic carbocycles. The minimum Gasteiger partial charge on any atom is -0.367 e. The summed E-state index contributed by atoms with van der Waals surface area (Å²) in [5.41, 5.74) is 0. The normalized spacial score (nSPS) is 11.9. The molecular weight excluding hydrogens is 188 g/mol. The second-order valence-corrected chi connectivity index (χ2v) is 3.71. The fourth-order valence-electron chi connectivity index (χ4n) is 1.21. The van der Waals surface area contributed by atoms with Gasteiger partial charge < -0.3 is 10.2 Å². The SMILES string of the molecule is C=CCC(C)Nc1ccnc(N(C)C)n1. The van der Waals surface area contributed by atoms with Gasteiger partial charge >= 0.3 is 0 Å². The second-order valence-electron chi connectivity index (χ2n) is 3.71. The van der Waals surface area contributed by atoms with E-state index in [1.165, 1.54) is 0 Å². The Morgan fingerprint density at radius 2 is 2.33 bits per heavy atom. The highest BCUT2D eigenvalue weighted by Crippen LogP contribution is 2.10. The van der Waals surface area contributed by atoms with Crippen LogP contribution in [0.25, 0.3) is 0 Å². The molecule has 4 heteroatoms. The number of nitrogens with zero attached hydrogens (tertiary/aromatic N) is 3. The van der Waals surface area contributed by atoms with E-state index in [4.69, 9.17) is 0 Å². The first-order valence-corrected chi connectivity index (χ1v) is 5.01. The van der Waals surface area contributed by atoms with E-state index in [1.807, 2.05) is 31.1 Å². The number of rotatable bonds is 5. The molecule has 82 valence electrons. The van der Waals surface area contributed by atoms with E-state index in [-0.39, 0.29) is 0 Å². The van der Waals surface area contributed by atoms with Gasteiger partial charge in [0.25, 0.3) is 0 Å². The van der Waals surface area contributed by atoms with Crippen molar-refractivity contribution in [1.29, 1.82) is 0 Å². The molecule has 1 rings (SSSR count). The van der Waals surface area contributed by atoms with Gasteiger partial charge in [-0.2, -0.15) is 4.98 Å². The Labute approximate surface area is 91.0 Å². The Hall–Kier alpha value is -1.58. The van der Waals surface area contributed by atoms with E-state index in [0.717, 1.165) is 12.2 Å². The first kappa shape index (κ1) is 11.5. The van der Waals surface area contributed by atoms with Crippen molar-refractivity contribution >= 4 is 11.8 Å². The molecule has 0 radical (unpaired) electrons. The van der Waals surface area contributed by atoms with Gasteiger partial charge in [-0.15, -0.1) is 6.58 Å². The zero-order valence-electron chi connectivity index (χ0n) is 9.57. The van der Waals surface area contributed by atoms with Crippen molar-refractivity contribution < 1.29 is 0 Å². The lowest BCUT2D eigenvalue weighted by atomic mass is 10.2. The number of hydrogen-bond acceptors (Lipinski definition) is 4. The predicted molar refractivity (Wildman–Crippen MR) is 64.3 cm³/mol. The summed E-state index contributed by atoms with van der Waals surface area (Å²) in [7, 11) is 3.85. The van der Waals surface area contributed by atoms with Gasteiger partial charge in [0, 0.05) is 26.3 Å². The first-order chi connectivity index (χ1) is 7.13. The summed E-state index contributed by atoms with van der Waals surface area (Å²) in [5.74, 6) is 1.56. The molecule has 15 heavy (non-hydrogen) atoms. The largest absolute Gasteiger partial charge is 0.367 e. The van der Waals surface area contributed by atoms with Crippen LogP contribution in [0.3, 0.4) is 0 Å². The molecule has 0 aliphatic heterocycles. The highest BCUT2D eigenvalue weighted by atomic mass is 15.2. The fourth-order valence-corrected chi connectivity index (χ4v) is 1.21. The van der Waals surface area contributed by atoms with Crippen molar-refractivity contribution in [2.24, 2.45) is 0 Å². The fraction of sp³-hybridized carbons (Fsp3) is 0.455. The predicted octanol–water partition coefficient (Wildman–Crippen LogP) is 1.92. The van der Waals surface area contributed by atoms with Gasteiger partial charge in [-0.1, -0.05) is 6.08 Å². The van der Waals surface area contributed by atoms with Crippen molar-refractivity contribution in [2.45, 2.75) is 19.4 Å². The molecule has 0 spiro atoms. The summed E-state index contributed by atoms with van der Waals surface area (Å²) < 4.78 is 0. The van der Waals surface area contributed by atoms with E-state index in [2.05, 4.69) is 28.8 Å². The highest BCUT2D eigenvalue weighted by molar-refractivity contribution is 5.40. The van der Waals surface area contributed by atoms with Crippen LogP contribution in [0.15, 0.2) is 24.9 Å². The Morgan fingerprint density at radius 3 is 2.93 bits per heavy atom. The molecule has 1 N–H and O–H groups in total. The smallest absolute Gasteiger partial charge is 0.226 e. The van der Waals surface area contributed by atoms with Gasteiger partial charge in [0.15, 0.2) is 0 Å². The van der Waals surface area contributed by atoms with Crippen LogP contribution in [-0.4, -0.2) is 30.1 Å². The standard InChI is InChI=1S/C11H18N4/c1-5-6-9(2)13-10-7-8-12-11(14-10)15(3)4/h5,7-9H,1,6H2,2-4H3,(H,12,13,14). The molecule has 4 nitrogen and oxygen atoms in total. The Balaban J connectivity index is 2.69. The number of aromatic nitrogens is 2. The van der Waals surface area contributed by atoms with Crippen LogP contribution in [0.1, 0.15) is 13.3 Å². The Morgan fingerprint density at radius 1 is 1.60 bits per heavy atom. The Kier molecular flexibility index (Phi) is 4.09. The van der Waals surface area contributed by atoms with Crippen LogP contribution < -0.4 is 10.2 Å². The van der Waals surface area contributed by atoms with Crippen LogP contribution in [0.5, 0.6) is 0 Å². The maximum absolute atomic E-state index is 4.36. The summed E-state index contributed by atoms with van der Waals surface area (Å²) >= 11 is 0. The summed E-state index contributed by atoms with van der Waals surface area (Å²) in [6.45, 7) is 5.80. The minimum absolute atomic E-state index is 0.340. The van der Waals surface area contributed by atoms with Crippen LogP contribution in [-0.2, 0) is 0 Å². The quantitative estimate of drug-likeness (QED) is 0.747. The van der Waals surface area contributed by atoms with Gasteiger partial charge in [-0.25, -0.2) is 4.98 Å². The number of nitrogens with one attached hydrogen (secondary N) is 1. The maximum atomic E-state index is 4.36. The van der Waals surface area contributed by atoms with Crippen LogP contribution in [0, 0.1) is 0 Å². The Bertz CT molecular complexity index is 322. The van der Waals surface area contributed by atoms with Crippen molar-refractivity contribution in [2.75, 3.05) is 24.3 Å². The molecule has 0 fully saturated rings. The molecule has 1 unspecified atom stereocenters. The van der Waals surface area contributed by atoms with Crippen molar-refractivity contribution in [3.05, 3.63) is 24.9 Å². The highest BCUT2D eigenvalue weighted by Gasteiger charge is 2.03. The lowest BCUT2D eigenvalue weighted by Gasteiger charge is -2.14. The van der Waals surface area contributed by atoms with Gasteiger partial charge in [0.2, 0.25) is 5.95 Å². The summed E-state index contributed by atoms with van der Waals surface area (Å²) in [6, 6.07) is 2.21. The van der Waals surface area contributed by atoms with Crippen LogP contribution >= 0.6 is 0 Å². The first-order valence-electron chi connectivity index (χ1n) is 5.01. The lowest BCUT2D eigenvalue weighted by Crippen LogP contribution is -2.17. The molecule has 1 aromatic rings. The number of anilines is 2. The van der Waals surface area contributed by atoms with Crippen molar-refractivity contribution in [1.82, 2.24) is 9.97 Å². The van der Waals surface area contributed by atoms with Gasteiger partial charge in [0.05, 0.1) is 0 Å². The lowest BCUT2D eigenvalue weighted by molar-refractivity contribution is 0.805. The van der Waals surface area contributed by atoms with E-state index in [0.29, 0.717) is 12.0 Å². The number of hydrogen-bond donors (Lipinski definition) is 1. The summed E-state index contributed by atoms with van der Waals surface area (Å²) in [5, 5.41) is 3.29. The van der Waals surface area contributed by atoms with Crippen molar-refractivity contribution in [3.63, 3.8) is 0 Å². The van der Waals surface area contributed by atoms with E-state index in [1.54, 1.807) is 6.20 Å². The van der Waals surface area contributed by atoms with Gasteiger partial charge in [-0.05, 0) is 19.4 Å². The average Bonchev–Trinajstić information content (AvgIpc) is 2.18. The molecule has 0 amide bonds. The minimum atomic E-state index is 0.340. The van der Waals surface area contributed by atoms with E-state index < -0.39 is 0 Å². The molecule has 1 atom stereocenters. The third-order valence-electron chi connectivity index (χ3n) is 1.96. The molecule has 0 aliphatic rings. The monoisotopic (exact) mass is 206 g/mol. The topological polar surface area (TPSA) is 41.1 Å².